The molecule has 1 unspecified atom stereocenters. The molecule has 0 aliphatic heterocycles. The molecule has 2 amide bonds. The van der Waals surface area contributed by atoms with E-state index in [-0.39, 0.29) is 36.6 Å². The Bertz CT molecular complexity index is 945. The van der Waals surface area contributed by atoms with Crippen molar-refractivity contribution < 1.29 is 38.2 Å². The highest BCUT2D eigenvalue weighted by atomic mass is 35.5. The first-order valence-corrected chi connectivity index (χ1v) is 10.6. The Balaban J connectivity index is 3.40. The second kappa shape index (κ2) is 12.9. The van der Waals surface area contributed by atoms with Gasteiger partial charge in [0.25, 0.3) is 11.1 Å². The van der Waals surface area contributed by atoms with Crippen molar-refractivity contribution in [1.82, 2.24) is 5.32 Å². The molecule has 33 heavy (non-hydrogen) atoms. The number of benzene rings is 1. The van der Waals surface area contributed by atoms with Crippen molar-refractivity contribution in [3.05, 3.63) is 27.8 Å². The predicted molar refractivity (Wildman–Crippen MR) is 121 cm³/mol. The molecule has 1 aromatic rings. The van der Waals surface area contributed by atoms with Crippen LogP contribution in [0.25, 0.3) is 0 Å². The number of nitrogens with one attached hydrogen (secondary N) is 2. The predicted octanol–water partition coefficient (Wildman–Crippen LogP) is 2.05. The molecule has 0 saturated carbocycles. The molecule has 0 aromatic heterocycles. The molecule has 0 aliphatic carbocycles. The van der Waals surface area contributed by atoms with Crippen LogP contribution in [0.5, 0.6) is 0 Å². The molecule has 1 aromatic carbocycles. The van der Waals surface area contributed by atoms with Crippen LogP contribution in [0.3, 0.4) is 0 Å². The third-order valence-corrected chi connectivity index (χ3v) is 4.90. The number of rotatable bonds is 11. The SMILES string of the molecule is CCc1c(C(=O)Cl)c(C)c(NC(=O)COC)c(C)c1C(=O)NCC(COC(C)=O)OC(C)=O. The van der Waals surface area contributed by atoms with Crippen LogP contribution in [-0.4, -0.2) is 62.0 Å². The molecule has 1 atom stereocenters. The second-order valence-electron chi connectivity index (χ2n) is 7.21. The van der Waals surface area contributed by atoms with Crippen molar-refractivity contribution in [3.8, 4) is 0 Å². The zero-order valence-electron chi connectivity index (χ0n) is 19.5. The van der Waals surface area contributed by atoms with E-state index in [9.17, 15) is 24.0 Å². The lowest BCUT2D eigenvalue weighted by molar-refractivity contribution is -0.155. The number of amides is 2. The number of halogens is 1. The monoisotopic (exact) mass is 484 g/mol. The minimum Gasteiger partial charge on any atom is -0.462 e. The maximum Gasteiger partial charge on any atom is 0.303 e. The summed E-state index contributed by atoms with van der Waals surface area (Å²) < 4.78 is 14.8. The fraction of sp³-hybridized carbons (Fsp3) is 0.500. The van der Waals surface area contributed by atoms with Gasteiger partial charge in [0.15, 0.2) is 6.10 Å². The Hall–Kier alpha value is -2.98. The summed E-state index contributed by atoms with van der Waals surface area (Å²) in [5, 5.41) is 4.53. The van der Waals surface area contributed by atoms with Crippen LogP contribution in [0.1, 0.15) is 58.2 Å². The highest BCUT2D eigenvalue weighted by Crippen LogP contribution is 2.33. The second-order valence-corrected chi connectivity index (χ2v) is 7.55. The van der Waals surface area contributed by atoms with Crippen LogP contribution in [0.15, 0.2) is 0 Å². The summed E-state index contributed by atoms with van der Waals surface area (Å²) in [4.78, 5) is 60.0. The fourth-order valence-electron chi connectivity index (χ4n) is 3.40. The molecule has 182 valence electrons. The molecule has 0 spiro atoms. The van der Waals surface area contributed by atoms with E-state index >= 15 is 0 Å². The van der Waals surface area contributed by atoms with Gasteiger partial charge in [0.1, 0.15) is 13.2 Å². The molecular weight excluding hydrogens is 456 g/mol. The van der Waals surface area contributed by atoms with Crippen LogP contribution >= 0.6 is 11.6 Å². The Morgan fingerprint density at radius 1 is 1.00 bits per heavy atom. The van der Waals surface area contributed by atoms with Gasteiger partial charge in [0.05, 0.1) is 6.54 Å². The molecule has 0 saturated heterocycles. The highest BCUT2D eigenvalue weighted by Gasteiger charge is 2.27. The van der Waals surface area contributed by atoms with Crippen molar-refractivity contribution in [2.24, 2.45) is 0 Å². The molecule has 0 fully saturated rings. The Labute approximate surface area is 197 Å². The number of carbonyl (C=O) groups is 5. The fourth-order valence-corrected chi connectivity index (χ4v) is 3.66. The number of methoxy groups -OCH3 is 1. The number of hydrogen-bond donors (Lipinski definition) is 2. The lowest BCUT2D eigenvalue weighted by Gasteiger charge is -2.23. The van der Waals surface area contributed by atoms with Crippen molar-refractivity contribution in [1.29, 1.82) is 0 Å². The first-order chi connectivity index (χ1) is 15.4. The van der Waals surface area contributed by atoms with Crippen LogP contribution in [-0.2, 0) is 35.0 Å². The molecule has 10 nitrogen and oxygen atoms in total. The third-order valence-electron chi connectivity index (χ3n) is 4.72. The van der Waals surface area contributed by atoms with E-state index < -0.39 is 35.1 Å². The molecule has 0 bridgehead atoms. The van der Waals surface area contributed by atoms with E-state index in [4.69, 9.17) is 25.8 Å². The van der Waals surface area contributed by atoms with Gasteiger partial charge >= 0.3 is 11.9 Å². The van der Waals surface area contributed by atoms with Gasteiger partial charge < -0.3 is 24.8 Å². The van der Waals surface area contributed by atoms with E-state index in [0.717, 1.165) is 0 Å². The summed E-state index contributed by atoms with van der Waals surface area (Å²) in [6.45, 7) is 6.80. The van der Waals surface area contributed by atoms with Gasteiger partial charge in [-0.3, -0.25) is 24.0 Å². The van der Waals surface area contributed by atoms with Crippen LogP contribution < -0.4 is 10.6 Å². The van der Waals surface area contributed by atoms with E-state index in [1.165, 1.54) is 21.0 Å². The standard InChI is InChI=1S/C22H29ClN2O8/c1-7-16-18(21(23)29)11(2)20(25-17(28)10-31-6)12(3)19(16)22(30)24-8-15(33-14(5)27)9-32-13(4)26/h15H,7-10H2,1-6H3,(H,24,30)(H,25,28). The van der Waals surface area contributed by atoms with E-state index in [2.05, 4.69) is 10.6 Å². The maximum atomic E-state index is 13.2. The van der Waals surface area contributed by atoms with E-state index in [1.54, 1.807) is 20.8 Å². The average molecular weight is 485 g/mol. The van der Waals surface area contributed by atoms with Crippen LogP contribution in [0, 0.1) is 13.8 Å². The molecule has 1 rings (SSSR count). The van der Waals surface area contributed by atoms with Gasteiger partial charge in [-0.25, -0.2) is 0 Å². The summed E-state index contributed by atoms with van der Waals surface area (Å²) >= 11 is 5.83. The number of anilines is 1. The molecule has 0 heterocycles. The largest absolute Gasteiger partial charge is 0.462 e. The van der Waals surface area contributed by atoms with Gasteiger partial charge in [-0.05, 0) is 48.6 Å². The first kappa shape index (κ1) is 28.1. The molecule has 2 N–H and O–H groups in total. The minimum absolute atomic E-state index is 0.124. The van der Waals surface area contributed by atoms with Gasteiger partial charge in [-0.15, -0.1) is 0 Å². The van der Waals surface area contributed by atoms with Gasteiger partial charge in [0.2, 0.25) is 5.91 Å². The lowest BCUT2D eigenvalue weighted by Crippen LogP contribution is -2.38. The van der Waals surface area contributed by atoms with Crippen LogP contribution in [0.4, 0.5) is 5.69 Å². The van der Waals surface area contributed by atoms with Gasteiger partial charge in [0, 0.05) is 37.8 Å². The molecular formula is C22H29ClN2O8. The quantitative estimate of drug-likeness (QED) is 0.359. The topological polar surface area (TPSA) is 137 Å². The summed E-state index contributed by atoms with van der Waals surface area (Å²) in [6.07, 6.45) is -0.605. The maximum absolute atomic E-state index is 13.2. The summed E-state index contributed by atoms with van der Waals surface area (Å²) in [6, 6.07) is 0. The normalized spacial score (nSPS) is 11.4. The van der Waals surface area contributed by atoms with Crippen molar-refractivity contribution in [2.45, 2.75) is 47.1 Å². The number of hydrogen-bond acceptors (Lipinski definition) is 8. The minimum atomic E-state index is -0.916. The van der Waals surface area contributed by atoms with Crippen molar-refractivity contribution >= 4 is 46.3 Å². The number of ether oxygens (including phenoxy) is 3. The first-order valence-electron chi connectivity index (χ1n) is 10.2. The third kappa shape index (κ3) is 7.83. The highest BCUT2D eigenvalue weighted by molar-refractivity contribution is 6.68. The Morgan fingerprint density at radius 2 is 1.61 bits per heavy atom. The van der Waals surface area contributed by atoms with Crippen LogP contribution in [0.2, 0.25) is 0 Å². The Morgan fingerprint density at radius 3 is 2.09 bits per heavy atom. The number of esters is 2. The Kier molecular flexibility index (Phi) is 11.0. The summed E-state index contributed by atoms with van der Waals surface area (Å²) in [5.41, 5.74) is 1.83. The molecule has 11 heteroatoms. The molecule has 0 radical (unpaired) electrons. The zero-order valence-corrected chi connectivity index (χ0v) is 20.3. The number of carbonyl (C=O) groups excluding carboxylic acids is 5. The summed E-state index contributed by atoms with van der Waals surface area (Å²) in [5.74, 6) is -2.22. The lowest BCUT2D eigenvalue weighted by atomic mass is 9.89. The van der Waals surface area contributed by atoms with Gasteiger partial charge in [-0.1, -0.05) is 6.92 Å². The van der Waals surface area contributed by atoms with Crippen molar-refractivity contribution in [3.63, 3.8) is 0 Å². The molecule has 0 aliphatic rings. The van der Waals surface area contributed by atoms with E-state index in [0.29, 0.717) is 23.1 Å². The average Bonchev–Trinajstić information content (AvgIpc) is 2.71. The summed E-state index contributed by atoms with van der Waals surface area (Å²) in [7, 11) is 1.36. The zero-order chi connectivity index (χ0) is 25.3. The van der Waals surface area contributed by atoms with Gasteiger partial charge in [-0.2, -0.15) is 0 Å². The smallest absolute Gasteiger partial charge is 0.303 e. The van der Waals surface area contributed by atoms with E-state index in [1.807, 2.05) is 0 Å². The van der Waals surface area contributed by atoms with Crippen molar-refractivity contribution in [2.75, 3.05) is 32.2 Å².